The topological polar surface area (TPSA) is 157 Å². The van der Waals surface area contributed by atoms with Crippen LogP contribution in [-0.2, 0) is 28.7 Å². The highest BCUT2D eigenvalue weighted by Gasteiger charge is 2.44. The fourth-order valence-corrected chi connectivity index (χ4v) is 4.03. The molecule has 0 heterocycles. The third kappa shape index (κ3) is 10.5. The van der Waals surface area contributed by atoms with E-state index in [0.29, 0.717) is 12.0 Å². The average Bonchev–Trinajstić information content (AvgIpc) is 2.81. The van der Waals surface area contributed by atoms with Gasteiger partial charge in [-0.2, -0.15) is 0 Å². The van der Waals surface area contributed by atoms with E-state index in [0.717, 1.165) is 11.1 Å². The molecule has 0 aliphatic heterocycles. The number of ether oxygens (including phenoxy) is 2. The zero-order chi connectivity index (χ0) is 30.8. The summed E-state index contributed by atoms with van der Waals surface area (Å²) in [6, 6.07) is 3.02. The lowest BCUT2D eigenvalue weighted by Crippen LogP contribution is -2.60. The Morgan fingerprint density at radius 2 is 1.65 bits per heavy atom. The van der Waals surface area contributed by atoms with Crippen LogP contribution in [0.4, 0.5) is 4.79 Å². The van der Waals surface area contributed by atoms with E-state index in [1.807, 2.05) is 39.0 Å². The Labute approximate surface area is 237 Å². The van der Waals surface area contributed by atoms with Crippen LogP contribution in [0.15, 0.2) is 18.2 Å². The smallest absolute Gasteiger partial charge is 0.408 e. The summed E-state index contributed by atoms with van der Waals surface area (Å²) < 4.78 is 10.3. The Morgan fingerprint density at radius 3 is 2.17 bits per heavy atom. The third-order valence-corrected chi connectivity index (χ3v) is 6.32. The Balaban J connectivity index is 3.66. The summed E-state index contributed by atoms with van der Waals surface area (Å²) in [7, 11) is 0. The van der Waals surface area contributed by atoms with Crippen LogP contribution in [-0.4, -0.2) is 65.0 Å². The van der Waals surface area contributed by atoms with Crippen LogP contribution in [0.1, 0.15) is 90.5 Å². The molecule has 1 rings (SSSR count). The van der Waals surface area contributed by atoms with Gasteiger partial charge in [-0.3, -0.25) is 19.2 Å². The molecule has 224 valence electrons. The minimum absolute atomic E-state index is 0.00547. The van der Waals surface area contributed by atoms with Gasteiger partial charge in [-0.05, 0) is 72.9 Å². The van der Waals surface area contributed by atoms with Crippen molar-refractivity contribution in [3.05, 3.63) is 34.9 Å². The summed E-state index contributed by atoms with van der Waals surface area (Å²) in [6.07, 6.45) is -1.01. The van der Waals surface area contributed by atoms with Gasteiger partial charge in [-0.1, -0.05) is 30.7 Å². The van der Waals surface area contributed by atoms with Crippen molar-refractivity contribution in [1.29, 1.82) is 0 Å². The maximum Gasteiger partial charge on any atom is 0.408 e. The predicted molar refractivity (Wildman–Crippen MR) is 151 cm³/mol. The van der Waals surface area contributed by atoms with Crippen LogP contribution in [0.2, 0.25) is 0 Å². The van der Waals surface area contributed by atoms with Crippen molar-refractivity contribution in [2.45, 2.75) is 105 Å². The molecule has 4 N–H and O–H groups in total. The molecule has 0 bridgehead atoms. The van der Waals surface area contributed by atoms with E-state index in [2.05, 4.69) is 10.6 Å². The summed E-state index contributed by atoms with van der Waals surface area (Å²) in [5, 5.41) is 5.24. The van der Waals surface area contributed by atoms with Crippen molar-refractivity contribution >= 4 is 29.8 Å². The normalized spacial score (nSPS) is 13.0. The Morgan fingerprint density at radius 1 is 1.02 bits per heavy atom. The van der Waals surface area contributed by atoms with Crippen molar-refractivity contribution in [3.8, 4) is 0 Å². The van der Waals surface area contributed by atoms with Crippen LogP contribution in [0.5, 0.6) is 0 Å². The minimum Gasteiger partial charge on any atom is -0.466 e. The minimum atomic E-state index is -1.39. The molecule has 2 atom stereocenters. The number of carbonyl (C=O) groups is 5. The molecule has 2 unspecified atom stereocenters. The highest BCUT2D eigenvalue weighted by Crippen LogP contribution is 2.34. The average molecular weight is 563 g/mol. The van der Waals surface area contributed by atoms with Crippen LogP contribution in [0.3, 0.4) is 0 Å². The number of esters is 1. The summed E-state index contributed by atoms with van der Waals surface area (Å²) in [4.78, 5) is 66.0. The van der Waals surface area contributed by atoms with Crippen LogP contribution in [0, 0.1) is 13.8 Å². The lowest BCUT2D eigenvalue weighted by Gasteiger charge is -2.45. The van der Waals surface area contributed by atoms with Gasteiger partial charge in [0.05, 0.1) is 19.4 Å². The zero-order valence-corrected chi connectivity index (χ0v) is 25.3. The molecule has 0 aliphatic carbocycles. The van der Waals surface area contributed by atoms with Gasteiger partial charge in [0.1, 0.15) is 17.7 Å². The highest BCUT2D eigenvalue weighted by atomic mass is 16.6. The third-order valence-electron chi connectivity index (χ3n) is 6.32. The van der Waals surface area contributed by atoms with E-state index in [9.17, 15) is 24.0 Å². The molecule has 1 aromatic carbocycles. The number of hydrogen-bond acceptors (Lipinski definition) is 7. The molecule has 1 aromatic rings. The first-order chi connectivity index (χ1) is 18.4. The first kappa shape index (κ1) is 34.4. The quantitative estimate of drug-likeness (QED) is 0.312. The number of amides is 4. The SMILES string of the molecule is CCOC(=O)CCNC(=O)C(c1cc(C)ccc1C)N(C(=O)C(CC(N)=O)NC(=O)OC(C)(C)C)C(C)(C)CC. The number of primary amides is 1. The van der Waals surface area contributed by atoms with E-state index < -0.39 is 59.4 Å². The number of rotatable bonds is 13. The molecule has 0 aliphatic rings. The van der Waals surface area contributed by atoms with Crippen LogP contribution in [0.25, 0.3) is 0 Å². The number of aryl methyl sites for hydroxylation is 2. The Bertz CT molecular complexity index is 1080. The molecule has 0 saturated carbocycles. The van der Waals surface area contributed by atoms with Gasteiger partial charge < -0.3 is 30.7 Å². The van der Waals surface area contributed by atoms with Gasteiger partial charge in [0, 0.05) is 12.1 Å². The fraction of sp³-hybridized carbons (Fsp3) is 0.621. The lowest BCUT2D eigenvalue weighted by molar-refractivity contribution is -0.150. The first-order valence-corrected chi connectivity index (χ1v) is 13.5. The summed E-state index contributed by atoms with van der Waals surface area (Å²) in [5.41, 5.74) is 5.88. The van der Waals surface area contributed by atoms with Gasteiger partial charge in [-0.15, -0.1) is 0 Å². The monoisotopic (exact) mass is 562 g/mol. The number of carbonyl (C=O) groups excluding carboxylic acids is 5. The lowest BCUT2D eigenvalue weighted by atomic mass is 9.89. The van der Waals surface area contributed by atoms with E-state index in [4.69, 9.17) is 15.2 Å². The second-order valence-corrected chi connectivity index (χ2v) is 11.4. The number of nitrogens with two attached hydrogens (primary N) is 1. The molecule has 0 fully saturated rings. The van der Waals surface area contributed by atoms with E-state index in [1.54, 1.807) is 41.5 Å². The number of nitrogens with zero attached hydrogens (tertiary/aromatic N) is 1. The molecule has 0 radical (unpaired) electrons. The van der Waals surface area contributed by atoms with Crippen molar-refractivity contribution in [1.82, 2.24) is 15.5 Å². The second kappa shape index (κ2) is 14.7. The van der Waals surface area contributed by atoms with Crippen molar-refractivity contribution in [2.24, 2.45) is 5.73 Å². The number of benzene rings is 1. The molecule has 0 aromatic heterocycles. The molecule has 0 saturated heterocycles. The predicted octanol–water partition coefficient (Wildman–Crippen LogP) is 3.20. The summed E-state index contributed by atoms with van der Waals surface area (Å²) in [6.45, 7) is 16.1. The molecule has 0 spiro atoms. The molecule has 11 heteroatoms. The maximum atomic E-state index is 14.3. The van der Waals surface area contributed by atoms with Gasteiger partial charge in [0.25, 0.3) is 0 Å². The Hall–Kier alpha value is -3.63. The van der Waals surface area contributed by atoms with Crippen LogP contribution >= 0.6 is 0 Å². The van der Waals surface area contributed by atoms with Crippen molar-refractivity contribution in [2.75, 3.05) is 13.2 Å². The number of alkyl carbamates (subject to hydrolysis) is 1. The molecular formula is C29H46N4O7. The first-order valence-electron chi connectivity index (χ1n) is 13.5. The highest BCUT2D eigenvalue weighted by molar-refractivity contribution is 5.95. The van der Waals surface area contributed by atoms with E-state index >= 15 is 0 Å². The van der Waals surface area contributed by atoms with Gasteiger partial charge in [-0.25, -0.2) is 4.79 Å². The summed E-state index contributed by atoms with van der Waals surface area (Å²) >= 11 is 0. The van der Waals surface area contributed by atoms with Crippen molar-refractivity contribution in [3.63, 3.8) is 0 Å². The number of hydrogen-bond donors (Lipinski definition) is 3. The fourth-order valence-electron chi connectivity index (χ4n) is 4.03. The maximum absolute atomic E-state index is 14.3. The zero-order valence-electron chi connectivity index (χ0n) is 25.3. The van der Waals surface area contributed by atoms with E-state index in [1.165, 1.54) is 4.90 Å². The van der Waals surface area contributed by atoms with Gasteiger partial charge in [0.15, 0.2) is 0 Å². The van der Waals surface area contributed by atoms with Gasteiger partial charge in [0.2, 0.25) is 17.7 Å². The second-order valence-electron chi connectivity index (χ2n) is 11.4. The molecular weight excluding hydrogens is 516 g/mol. The van der Waals surface area contributed by atoms with Crippen molar-refractivity contribution < 1.29 is 33.4 Å². The molecule has 4 amide bonds. The van der Waals surface area contributed by atoms with Crippen LogP contribution < -0.4 is 16.4 Å². The molecule has 40 heavy (non-hydrogen) atoms. The van der Waals surface area contributed by atoms with Gasteiger partial charge >= 0.3 is 12.1 Å². The van der Waals surface area contributed by atoms with E-state index in [-0.39, 0.29) is 19.6 Å². The Kier molecular flexibility index (Phi) is 12.6. The summed E-state index contributed by atoms with van der Waals surface area (Å²) in [5.74, 6) is -2.48. The number of nitrogens with one attached hydrogen (secondary N) is 2. The largest absolute Gasteiger partial charge is 0.466 e. The standard InChI is InChI=1S/C29H46N4O7/c1-10-29(8,9)33(26(37)21(17-22(30)34)32-27(38)40-28(5,6)7)24(20-16-18(3)12-13-19(20)4)25(36)31-15-14-23(35)39-11-2/h12-13,16,21,24H,10-11,14-15,17H2,1-9H3,(H2,30,34)(H,31,36)(H,32,38). The molecule has 11 nitrogen and oxygen atoms in total.